The molecule has 1 aromatic rings. The molecular formula is C18H23N5. The summed E-state index contributed by atoms with van der Waals surface area (Å²) in [5.74, 6) is 6.24. The lowest BCUT2D eigenvalue weighted by atomic mass is 9.92. The molecule has 0 spiro atoms. The smallest absolute Gasteiger partial charge is 0.0690 e. The Hall–Kier alpha value is -2.66. The van der Waals surface area contributed by atoms with Crippen LogP contribution >= 0.6 is 0 Å². The zero-order valence-corrected chi connectivity index (χ0v) is 13.7. The van der Waals surface area contributed by atoms with Gasteiger partial charge in [-0.25, -0.2) is 5.84 Å². The molecular weight excluding hydrogens is 286 g/mol. The van der Waals surface area contributed by atoms with Crippen molar-refractivity contribution >= 4 is 17.1 Å². The predicted octanol–water partition coefficient (Wildman–Crippen LogP) is 2.79. The van der Waals surface area contributed by atoms with Gasteiger partial charge in [0.15, 0.2) is 0 Å². The normalized spacial score (nSPS) is 17.5. The lowest BCUT2D eigenvalue weighted by Crippen LogP contribution is -2.32. The Labute approximate surface area is 137 Å². The Morgan fingerprint density at radius 2 is 1.96 bits per heavy atom. The topological polar surface area (TPSA) is 80.0 Å². The first-order valence-electron chi connectivity index (χ1n) is 7.41. The highest BCUT2D eigenvalue weighted by atomic mass is 15.4. The van der Waals surface area contributed by atoms with Crippen LogP contribution in [0.1, 0.15) is 13.3 Å². The van der Waals surface area contributed by atoms with E-state index >= 15 is 0 Å². The molecule has 23 heavy (non-hydrogen) atoms. The van der Waals surface area contributed by atoms with E-state index in [1.54, 1.807) is 18.3 Å². The van der Waals surface area contributed by atoms with Crippen LogP contribution in [0.2, 0.25) is 0 Å². The molecule has 120 valence electrons. The number of aliphatic imine (C=N–C) groups is 2. The highest BCUT2D eigenvalue weighted by Crippen LogP contribution is 2.30. The van der Waals surface area contributed by atoms with Crippen LogP contribution in [0, 0.1) is 5.92 Å². The molecule has 0 aliphatic carbocycles. The van der Waals surface area contributed by atoms with Crippen molar-refractivity contribution in [3.8, 4) is 0 Å². The minimum absolute atomic E-state index is 0.0512. The van der Waals surface area contributed by atoms with Gasteiger partial charge < -0.3 is 5.73 Å². The van der Waals surface area contributed by atoms with Gasteiger partial charge in [-0.15, -0.1) is 0 Å². The quantitative estimate of drug-likeness (QED) is 0.482. The summed E-state index contributed by atoms with van der Waals surface area (Å²) in [5, 5.41) is 1.57. The van der Waals surface area contributed by atoms with Crippen molar-refractivity contribution in [1.29, 1.82) is 0 Å². The fourth-order valence-corrected chi connectivity index (χ4v) is 2.54. The average Bonchev–Trinajstić information content (AvgIpc) is 2.93. The number of hydrazine groups is 1. The molecule has 0 bridgehead atoms. The summed E-state index contributed by atoms with van der Waals surface area (Å²) in [4.78, 5) is 8.80. The molecule has 1 aliphatic rings. The number of benzene rings is 1. The number of anilines is 1. The largest absolute Gasteiger partial charge is 0.402 e. The molecule has 5 nitrogen and oxygen atoms in total. The molecule has 0 aromatic heterocycles. The van der Waals surface area contributed by atoms with Gasteiger partial charge in [0.25, 0.3) is 0 Å². The third-order valence-corrected chi connectivity index (χ3v) is 3.84. The average molecular weight is 309 g/mol. The minimum atomic E-state index is 0.0512. The van der Waals surface area contributed by atoms with Crippen LogP contribution in [0.3, 0.4) is 0 Å². The van der Waals surface area contributed by atoms with Gasteiger partial charge in [-0.2, -0.15) is 0 Å². The van der Waals surface area contributed by atoms with Crippen molar-refractivity contribution in [2.24, 2.45) is 27.5 Å². The number of hydrogen-bond donors (Lipinski definition) is 2. The van der Waals surface area contributed by atoms with Gasteiger partial charge in [0.2, 0.25) is 0 Å². The second-order valence-corrected chi connectivity index (χ2v) is 5.48. The first kappa shape index (κ1) is 16.7. The van der Waals surface area contributed by atoms with Crippen molar-refractivity contribution in [2.45, 2.75) is 13.3 Å². The molecule has 2 rings (SSSR count). The van der Waals surface area contributed by atoms with Gasteiger partial charge >= 0.3 is 0 Å². The van der Waals surface area contributed by atoms with Gasteiger partial charge in [0, 0.05) is 36.9 Å². The minimum Gasteiger partial charge on any atom is -0.402 e. The summed E-state index contributed by atoms with van der Waals surface area (Å²) in [6.07, 6.45) is 2.31. The third-order valence-electron chi connectivity index (χ3n) is 3.84. The van der Waals surface area contributed by atoms with Gasteiger partial charge in [-0.1, -0.05) is 38.3 Å². The van der Waals surface area contributed by atoms with E-state index in [9.17, 15) is 0 Å². The van der Waals surface area contributed by atoms with E-state index in [0.717, 1.165) is 22.7 Å². The molecule has 5 heteroatoms. The molecule has 0 amide bonds. The summed E-state index contributed by atoms with van der Waals surface area (Å²) in [6, 6.07) is 9.69. The van der Waals surface area contributed by atoms with E-state index in [1.165, 1.54) is 0 Å². The molecule has 0 radical (unpaired) electrons. The Morgan fingerprint density at radius 1 is 1.30 bits per heavy atom. The molecule has 0 saturated heterocycles. The molecule has 1 atom stereocenters. The maximum absolute atomic E-state index is 6.19. The lowest BCUT2D eigenvalue weighted by molar-refractivity contribution is 0.900. The second kappa shape index (κ2) is 7.07. The van der Waals surface area contributed by atoms with Crippen LogP contribution in [0.4, 0.5) is 5.69 Å². The molecule has 4 N–H and O–H groups in total. The number of rotatable bonds is 6. The number of allylic oxidation sites excluding steroid dienone is 2. The van der Waals surface area contributed by atoms with Crippen molar-refractivity contribution in [3.05, 3.63) is 66.7 Å². The van der Waals surface area contributed by atoms with Gasteiger partial charge in [-0.05, 0) is 12.1 Å². The highest BCUT2D eigenvalue weighted by Gasteiger charge is 2.27. The second-order valence-electron chi connectivity index (χ2n) is 5.48. The lowest BCUT2D eigenvalue weighted by Gasteiger charge is -2.24. The van der Waals surface area contributed by atoms with Gasteiger partial charge in [-0.3, -0.25) is 15.0 Å². The number of para-hydroxylation sites is 1. The van der Waals surface area contributed by atoms with Crippen LogP contribution in [-0.2, 0) is 0 Å². The SMILES string of the molecule is C=C(N)C/C(=N\C)C1=NC=C(C(=C)N(N)c2ccccc2)C1C. The zero-order valence-electron chi connectivity index (χ0n) is 13.7. The summed E-state index contributed by atoms with van der Waals surface area (Å²) in [5.41, 5.74) is 10.6. The van der Waals surface area contributed by atoms with Crippen LogP contribution in [0.15, 0.2) is 76.6 Å². The Bertz CT molecular complexity index is 697. The van der Waals surface area contributed by atoms with E-state index in [2.05, 4.69) is 30.1 Å². The van der Waals surface area contributed by atoms with Crippen molar-refractivity contribution in [1.82, 2.24) is 0 Å². The Balaban J connectivity index is 2.15. The van der Waals surface area contributed by atoms with Gasteiger partial charge in [0.1, 0.15) is 0 Å². The van der Waals surface area contributed by atoms with Crippen LogP contribution in [-0.4, -0.2) is 18.5 Å². The number of nitrogens with zero attached hydrogens (tertiary/aromatic N) is 3. The van der Waals surface area contributed by atoms with Crippen LogP contribution < -0.4 is 16.6 Å². The predicted molar refractivity (Wildman–Crippen MR) is 98.2 cm³/mol. The standard InChI is InChI=1S/C18H23N5/c1-12(19)10-17(21-4)18-13(2)16(11-22-18)14(3)23(20)15-8-6-5-7-9-15/h5-9,11,13H,1,3,10,19-20H2,2,4H3/b21-17+. The summed E-state index contributed by atoms with van der Waals surface area (Å²) in [7, 11) is 1.74. The number of hydrogen-bond acceptors (Lipinski definition) is 5. The third kappa shape index (κ3) is 3.57. The van der Waals surface area contributed by atoms with Crippen molar-refractivity contribution in [3.63, 3.8) is 0 Å². The summed E-state index contributed by atoms with van der Waals surface area (Å²) < 4.78 is 0. The van der Waals surface area contributed by atoms with E-state index in [1.807, 2.05) is 30.3 Å². The van der Waals surface area contributed by atoms with Crippen LogP contribution in [0.5, 0.6) is 0 Å². The van der Waals surface area contributed by atoms with E-state index in [0.29, 0.717) is 17.8 Å². The first-order valence-corrected chi connectivity index (χ1v) is 7.41. The van der Waals surface area contributed by atoms with Crippen LogP contribution in [0.25, 0.3) is 0 Å². The Kier molecular flexibility index (Phi) is 5.13. The maximum Gasteiger partial charge on any atom is 0.0690 e. The molecule has 1 aromatic carbocycles. The molecule has 0 saturated carbocycles. The molecule has 0 fully saturated rings. The van der Waals surface area contributed by atoms with Crippen molar-refractivity contribution in [2.75, 3.05) is 12.1 Å². The highest BCUT2D eigenvalue weighted by molar-refractivity contribution is 6.44. The zero-order chi connectivity index (χ0) is 17.0. The van der Waals surface area contributed by atoms with E-state index < -0.39 is 0 Å². The van der Waals surface area contributed by atoms with Gasteiger partial charge in [0.05, 0.1) is 22.8 Å². The first-order chi connectivity index (χ1) is 11.0. The van der Waals surface area contributed by atoms with Crippen molar-refractivity contribution < 1.29 is 0 Å². The fraction of sp³-hybridized carbons (Fsp3) is 0.222. The monoisotopic (exact) mass is 309 g/mol. The molecule has 1 unspecified atom stereocenters. The molecule has 1 heterocycles. The van der Waals surface area contributed by atoms with E-state index in [-0.39, 0.29) is 5.92 Å². The maximum atomic E-state index is 6.19. The fourth-order valence-electron chi connectivity index (χ4n) is 2.54. The Morgan fingerprint density at radius 3 is 2.52 bits per heavy atom. The summed E-state index contributed by atoms with van der Waals surface area (Å²) >= 11 is 0. The van der Waals surface area contributed by atoms with E-state index in [4.69, 9.17) is 11.6 Å². The summed E-state index contributed by atoms with van der Waals surface area (Å²) in [6.45, 7) is 9.92. The number of nitrogens with two attached hydrogens (primary N) is 2. The molecule has 1 aliphatic heterocycles.